The van der Waals surface area contributed by atoms with Crippen LogP contribution in [0.4, 0.5) is 0 Å². The summed E-state index contributed by atoms with van der Waals surface area (Å²) < 4.78 is 7.96. The van der Waals surface area contributed by atoms with Gasteiger partial charge in [-0.1, -0.05) is 0 Å². The lowest BCUT2D eigenvalue weighted by atomic mass is 10.1. The second kappa shape index (κ2) is 10.2. The van der Waals surface area contributed by atoms with Gasteiger partial charge in [0.25, 0.3) is 11.1 Å². The molecule has 10 heteroatoms. The van der Waals surface area contributed by atoms with Crippen molar-refractivity contribution in [3.05, 3.63) is 79.9 Å². The molecule has 0 radical (unpaired) electrons. The fraction of sp³-hybridized carbons (Fsp3) is 0.286. The Kier molecular flexibility index (Phi) is 7.15. The standard InChI is InChI=1S/C21H23N5O5/c1-2-31-16-5-3-15(4-6-16)17-7-8-20(29)26(24-17)14-11-22-18(27)9-12-25-13-10-19(28)23-21(25)30/h3-8,10,13H,2,9,11-12,14H2,1H3,(H,22,27)(H,23,28,30). The van der Waals surface area contributed by atoms with Crippen LogP contribution in [0.25, 0.3) is 11.3 Å². The van der Waals surface area contributed by atoms with Crippen LogP contribution >= 0.6 is 0 Å². The number of nitrogens with one attached hydrogen (secondary N) is 2. The molecular weight excluding hydrogens is 402 g/mol. The van der Waals surface area contributed by atoms with Crippen molar-refractivity contribution in [1.29, 1.82) is 0 Å². The molecule has 162 valence electrons. The molecule has 0 saturated carbocycles. The average molecular weight is 425 g/mol. The Morgan fingerprint density at radius 2 is 1.84 bits per heavy atom. The maximum atomic E-state index is 12.1. The van der Waals surface area contributed by atoms with Gasteiger partial charge in [-0.15, -0.1) is 0 Å². The number of carbonyl (C=O) groups is 1. The van der Waals surface area contributed by atoms with E-state index in [1.54, 1.807) is 6.07 Å². The van der Waals surface area contributed by atoms with Crippen molar-refractivity contribution in [2.45, 2.75) is 26.4 Å². The second-order valence-electron chi connectivity index (χ2n) is 6.64. The highest BCUT2D eigenvalue weighted by atomic mass is 16.5. The highest BCUT2D eigenvalue weighted by molar-refractivity contribution is 5.75. The van der Waals surface area contributed by atoms with Gasteiger partial charge in [0.15, 0.2) is 0 Å². The summed E-state index contributed by atoms with van der Waals surface area (Å²) >= 11 is 0. The fourth-order valence-corrected chi connectivity index (χ4v) is 2.88. The normalized spacial score (nSPS) is 10.6. The first kappa shape index (κ1) is 21.8. The molecule has 0 spiro atoms. The molecule has 2 N–H and O–H groups in total. The van der Waals surface area contributed by atoms with E-state index in [1.807, 2.05) is 31.2 Å². The number of aryl methyl sites for hydroxylation is 1. The zero-order valence-electron chi connectivity index (χ0n) is 17.0. The van der Waals surface area contributed by atoms with Crippen LogP contribution in [0.15, 0.2) is 63.0 Å². The molecular formula is C21H23N5O5. The topological polar surface area (TPSA) is 128 Å². The molecule has 1 aromatic carbocycles. The molecule has 0 aliphatic heterocycles. The number of rotatable bonds is 9. The van der Waals surface area contributed by atoms with Crippen molar-refractivity contribution < 1.29 is 9.53 Å². The van der Waals surface area contributed by atoms with Crippen molar-refractivity contribution in [3.63, 3.8) is 0 Å². The Hall–Kier alpha value is -3.95. The molecule has 1 amide bonds. The number of amides is 1. The molecule has 2 aromatic heterocycles. The molecule has 3 aromatic rings. The highest BCUT2D eigenvalue weighted by Gasteiger charge is 2.06. The monoisotopic (exact) mass is 425 g/mol. The minimum absolute atomic E-state index is 0.0560. The summed E-state index contributed by atoms with van der Waals surface area (Å²) in [5, 5.41) is 7.06. The lowest BCUT2D eigenvalue weighted by Gasteiger charge is -2.09. The lowest BCUT2D eigenvalue weighted by molar-refractivity contribution is -0.121. The molecule has 0 saturated heterocycles. The van der Waals surface area contributed by atoms with Gasteiger partial charge in [0, 0.05) is 43.4 Å². The number of hydrogen-bond acceptors (Lipinski definition) is 6. The SMILES string of the molecule is CCOc1ccc(-c2ccc(=O)n(CCNC(=O)CCn3ccc(=O)[nH]c3=O)n2)cc1. The van der Waals surface area contributed by atoms with Gasteiger partial charge in [0.2, 0.25) is 5.91 Å². The predicted molar refractivity (Wildman–Crippen MR) is 114 cm³/mol. The Labute approximate surface area is 177 Å². The van der Waals surface area contributed by atoms with Crippen LogP contribution in [-0.4, -0.2) is 38.4 Å². The number of aromatic amines is 1. The van der Waals surface area contributed by atoms with Crippen LogP contribution in [0.2, 0.25) is 0 Å². The van der Waals surface area contributed by atoms with Crippen LogP contribution in [0.5, 0.6) is 5.75 Å². The number of aromatic nitrogens is 4. The van der Waals surface area contributed by atoms with E-state index in [-0.39, 0.29) is 37.5 Å². The zero-order chi connectivity index (χ0) is 22.2. The number of ether oxygens (including phenoxy) is 1. The minimum Gasteiger partial charge on any atom is -0.494 e. The summed E-state index contributed by atoms with van der Waals surface area (Å²) in [6, 6.07) is 11.7. The Morgan fingerprint density at radius 1 is 1.06 bits per heavy atom. The molecule has 0 aliphatic rings. The van der Waals surface area contributed by atoms with E-state index in [0.29, 0.717) is 12.3 Å². The number of nitrogens with zero attached hydrogens (tertiary/aromatic N) is 3. The summed E-state index contributed by atoms with van der Waals surface area (Å²) in [4.78, 5) is 48.9. The third-order valence-corrected chi connectivity index (χ3v) is 4.45. The van der Waals surface area contributed by atoms with E-state index in [2.05, 4.69) is 15.4 Å². The van der Waals surface area contributed by atoms with Gasteiger partial charge in [-0.05, 0) is 37.3 Å². The van der Waals surface area contributed by atoms with Gasteiger partial charge in [-0.2, -0.15) is 5.10 Å². The van der Waals surface area contributed by atoms with Crippen LogP contribution in [0.3, 0.4) is 0 Å². The summed E-state index contributed by atoms with van der Waals surface area (Å²) in [6.45, 7) is 3.03. The third-order valence-electron chi connectivity index (χ3n) is 4.45. The van der Waals surface area contributed by atoms with E-state index in [4.69, 9.17) is 4.74 Å². The number of carbonyl (C=O) groups excluding carboxylic acids is 1. The van der Waals surface area contributed by atoms with Crippen molar-refractivity contribution in [2.75, 3.05) is 13.2 Å². The molecule has 3 rings (SSSR count). The van der Waals surface area contributed by atoms with Crippen molar-refractivity contribution in [2.24, 2.45) is 0 Å². The number of hydrogen-bond donors (Lipinski definition) is 2. The minimum atomic E-state index is -0.567. The fourth-order valence-electron chi connectivity index (χ4n) is 2.88. The first-order valence-corrected chi connectivity index (χ1v) is 9.84. The largest absolute Gasteiger partial charge is 0.494 e. The summed E-state index contributed by atoms with van der Waals surface area (Å²) in [5.41, 5.74) is 0.140. The van der Waals surface area contributed by atoms with Gasteiger partial charge in [-0.3, -0.25) is 19.4 Å². The van der Waals surface area contributed by atoms with Gasteiger partial charge in [-0.25, -0.2) is 9.48 Å². The van der Waals surface area contributed by atoms with Gasteiger partial charge < -0.3 is 14.6 Å². The lowest BCUT2D eigenvalue weighted by Crippen LogP contribution is -2.34. The van der Waals surface area contributed by atoms with Crippen LogP contribution in [0, 0.1) is 0 Å². The summed E-state index contributed by atoms with van der Waals surface area (Å²) in [7, 11) is 0. The average Bonchev–Trinajstić information content (AvgIpc) is 2.75. The maximum Gasteiger partial charge on any atom is 0.328 e. The van der Waals surface area contributed by atoms with Crippen LogP contribution in [0.1, 0.15) is 13.3 Å². The maximum absolute atomic E-state index is 12.1. The quantitative estimate of drug-likeness (QED) is 0.510. The summed E-state index contributed by atoms with van der Waals surface area (Å²) in [6.07, 6.45) is 1.39. The van der Waals surface area contributed by atoms with Crippen molar-refractivity contribution in [1.82, 2.24) is 24.6 Å². The van der Waals surface area contributed by atoms with Crippen molar-refractivity contribution >= 4 is 5.91 Å². The highest BCUT2D eigenvalue weighted by Crippen LogP contribution is 2.19. The van der Waals surface area contributed by atoms with E-state index in [1.165, 1.54) is 27.6 Å². The smallest absolute Gasteiger partial charge is 0.328 e. The molecule has 31 heavy (non-hydrogen) atoms. The van der Waals surface area contributed by atoms with Crippen LogP contribution in [-0.2, 0) is 17.9 Å². The second-order valence-corrected chi connectivity index (χ2v) is 6.64. The molecule has 0 atom stereocenters. The predicted octanol–water partition coefficient (Wildman–Crippen LogP) is 0.365. The molecule has 0 aliphatic carbocycles. The van der Waals surface area contributed by atoms with Gasteiger partial charge >= 0.3 is 5.69 Å². The number of H-pyrrole nitrogens is 1. The molecule has 10 nitrogen and oxygen atoms in total. The first-order valence-electron chi connectivity index (χ1n) is 9.84. The molecule has 0 fully saturated rings. The number of benzene rings is 1. The molecule has 0 unspecified atom stereocenters. The van der Waals surface area contributed by atoms with E-state index in [0.717, 1.165) is 11.3 Å². The van der Waals surface area contributed by atoms with E-state index < -0.39 is 11.2 Å². The Bertz CT molecular complexity index is 1210. The third kappa shape index (κ3) is 6.01. The first-order chi connectivity index (χ1) is 15.0. The van der Waals surface area contributed by atoms with Crippen molar-refractivity contribution in [3.8, 4) is 17.0 Å². The molecule has 0 bridgehead atoms. The Morgan fingerprint density at radius 3 is 2.55 bits per heavy atom. The van der Waals surface area contributed by atoms with E-state index >= 15 is 0 Å². The zero-order valence-corrected chi connectivity index (χ0v) is 17.0. The summed E-state index contributed by atoms with van der Waals surface area (Å²) in [5.74, 6) is 0.472. The Balaban J connectivity index is 1.55. The molecule has 2 heterocycles. The van der Waals surface area contributed by atoms with E-state index in [9.17, 15) is 19.2 Å². The van der Waals surface area contributed by atoms with Gasteiger partial charge in [0.05, 0.1) is 18.8 Å². The van der Waals surface area contributed by atoms with Crippen LogP contribution < -0.4 is 26.9 Å². The van der Waals surface area contributed by atoms with Gasteiger partial charge in [0.1, 0.15) is 5.75 Å².